The molecule has 0 aliphatic heterocycles. The topological polar surface area (TPSA) is 29.1 Å². The van der Waals surface area contributed by atoms with E-state index in [1.807, 2.05) is 31.2 Å². The van der Waals surface area contributed by atoms with Gasteiger partial charge in [-0.2, -0.15) is 0 Å². The number of benzene rings is 1. The van der Waals surface area contributed by atoms with Crippen molar-refractivity contribution in [1.82, 2.24) is 5.32 Å². The first-order valence-corrected chi connectivity index (χ1v) is 5.97. The third kappa shape index (κ3) is 3.53. The summed E-state index contributed by atoms with van der Waals surface area (Å²) in [4.78, 5) is 11.4. The lowest BCUT2D eigenvalue weighted by atomic mass is 9.96. The Morgan fingerprint density at radius 2 is 1.88 bits per heavy atom. The molecule has 0 spiro atoms. The van der Waals surface area contributed by atoms with Crippen molar-refractivity contribution in [3.63, 3.8) is 0 Å². The van der Waals surface area contributed by atoms with Crippen molar-refractivity contribution in [2.45, 2.75) is 33.2 Å². The summed E-state index contributed by atoms with van der Waals surface area (Å²) in [6.07, 6.45) is 0.511. The van der Waals surface area contributed by atoms with Crippen LogP contribution in [0.1, 0.15) is 38.8 Å². The molecule has 1 aromatic carbocycles. The summed E-state index contributed by atoms with van der Waals surface area (Å²) in [6, 6.07) is 7.69. The summed E-state index contributed by atoms with van der Waals surface area (Å²) in [5, 5.41) is 3.74. The molecule has 1 atom stereocenters. The highest BCUT2D eigenvalue weighted by Gasteiger charge is 2.17. The minimum atomic E-state index is 0.0599. The molecule has 0 aromatic heterocycles. The number of carbonyl (C=O) groups excluding carboxylic acids is 1. The number of amides is 1. The van der Waals surface area contributed by atoms with Gasteiger partial charge in [0.15, 0.2) is 0 Å². The van der Waals surface area contributed by atoms with E-state index in [0.29, 0.717) is 17.4 Å². The highest BCUT2D eigenvalue weighted by Crippen LogP contribution is 2.23. The van der Waals surface area contributed by atoms with Gasteiger partial charge >= 0.3 is 0 Å². The molecule has 2 nitrogen and oxygen atoms in total. The highest BCUT2D eigenvalue weighted by molar-refractivity contribution is 6.30. The predicted molar refractivity (Wildman–Crippen MR) is 67.5 cm³/mol. The molecule has 0 aliphatic carbocycles. The zero-order valence-electron chi connectivity index (χ0n) is 9.96. The SMILES string of the molecule is CCC(=O)NC(c1ccc(Cl)cc1)C(C)C. The first-order chi connectivity index (χ1) is 7.54. The zero-order valence-corrected chi connectivity index (χ0v) is 10.7. The van der Waals surface area contributed by atoms with Gasteiger partial charge in [-0.3, -0.25) is 4.79 Å². The van der Waals surface area contributed by atoms with Crippen LogP contribution in [0.2, 0.25) is 5.02 Å². The van der Waals surface area contributed by atoms with Crippen molar-refractivity contribution in [2.24, 2.45) is 5.92 Å². The smallest absolute Gasteiger partial charge is 0.220 e. The molecule has 1 aromatic rings. The van der Waals surface area contributed by atoms with Gasteiger partial charge in [-0.15, -0.1) is 0 Å². The highest BCUT2D eigenvalue weighted by atomic mass is 35.5. The summed E-state index contributed by atoms with van der Waals surface area (Å²) in [5.74, 6) is 0.435. The fraction of sp³-hybridized carbons (Fsp3) is 0.462. The van der Waals surface area contributed by atoms with Crippen molar-refractivity contribution in [1.29, 1.82) is 0 Å². The first-order valence-electron chi connectivity index (χ1n) is 5.59. The molecule has 0 fully saturated rings. The number of hydrogen-bond acceptors (Lipinski definition) is 1. The fourth-order valence-corrected chi connectivity index (χ4v) is 1.71. The molecular formula is C13H18ClNO. The summed E-state index contributed by atoms with van der Waals surface area (Å²) < 4.78 is 0. The molecule has 0 saturated heterocycles. The zero-order chi connectivity index (χ0) is 12.1. The quantitative estimate of drug-likeness (QED) is 0.855. The van der Waals surface area contributed by atoms with E-state index < -0.39 is 0 Å². The lowest BCUT2D eigenvalue weighted by Crippen LogP contribution is -2.31. The van der Waals surface area contributed by atoms with Gasteiger partial charge in [-0.05, 0) is 23.6 Å². The maximum Gasteiger partial charge on any atom is 0.220 e. The van der Waals surface area contributed by atoms with Crippen molar-refractivity contribution >= 4 is 17.5 Å². The summed E-state index contributed by atoms with van der Waals surface area (Å²) >= 11 is 5.84. The maximum atomic E-state index is 11.4. The van der Waals surface area contributed by atoms with Crippen LogP contribution in [0.25, 0.3) is 0 Å². The van der Waals surface area contributed by atoms with Crippen LogP contribution in [0.15, 0.2) is 24.3 Å². The van der Waals surface area contributed by atoms with Crippen molar-refractivity contribution in [3.05, 3.63) is 34.9 Å². The second kappa shape index (κ2) is 5.90. The summed E-state index contributed by atoms with van der Waals surface area (Å²) in [5.41, 5.74) is 1.10. The largest absolute Gasteiger partial charge is 0.349 e. The molecule has 0 bridgehead atoms. The van der Waals surface area contributed by atoms with Gasteiger partial charge in [0.05, 0.1) is 6.04 Å². The average molecular weight is 240 g/mol. The molecular weight excluding hydrogens is 222 g/mol. The van der Waals surface area contributed by atoms with Crippen LogP contribution in [-0.2, 0) is 4.79 Å². The van der Waals surface area contributed by atoms with Crippen molar-refractivity contribution < 1.29 is 4.79 Å². The van der Waals surface area contributed by atoms with E-state index in [1.165, 1.54) is 0 Å². The van der Waals surface area contributed by atoms with Gasteiger partial charge in [0.25, 0.3) is 0 Å². The minimum Gasteiger partial charge on any atom is -0.349 e. The summed E-state index contributed by atoms with van der Waals surface area (Å²) in [7, 11) is 0. The Balaban J connectivity index is 2.85. The normalized spacial score (nSPS) is 12.6. The van der Waals surface area contributed by atoms with E-state index in [9.17, 15) is 4.79 Å². The van der Waals surface area contributed by atoms with E-state index in [4.69, 9.17) is 11.6 Å². The molecule has 0 aliphatic rings. The maximum absolute atomic E-state index is 11.4. The van der Waals surface area contributed by atoms with Crippen LogP contribution >= 0.6 is 11.6 Å². The lowest BCUT2D eigenvalue weighted by molar-refractivity contribution is -0.121. The van der Waals surface area contributed by atoms with E-state index in [-0.39, 0.29) is 11.9 Å². The molecule has 0 heterocycles. The average Bonchev–Trinajstić information content (AvgIpc) is 2.26. The van der Waals surface area contributed by atoms with Crippen LogP contribution in [-0.4, -0.2) is 5.91 Å². The second-order valence-corrected chi connectivity index (χ2v) is 4.63. The predicted octanol–water partition coefficient (Wildman–Crippen LogP) is 3.56. The first kappa shape index (κ1) is 13.0. The third-order valence-electron chi connectivity index (χ3n) is 2.53. The molecule has 16 heavy (non-hydrogen) atoms. The molecule has 0 saturated carbocycles. The van der Waals surface area contributed by atoms with Crippen LogP contribution < -0.4 is 5.32 Å². The Bertz CT molecular complexity index is 345. The molecule has 1 unspecified atom stereocenters. The van der Waals surface area contributed by atoms with Crippen LogP contribution in [0.5, 0.6) is 0 Å². The van der Waals surface area contributed by atoms with Crippen molar-refractivity contribution in [2.75, 3.05) is 0 Å². The van der Waals surface area contributed by atoms with Crippen LogP contribution in [0, 0.1) is 5.92 Å². The fourth-order valence-electron chi connectivity index (χ4n) is 1.58. The number of halogens is 1. The molecule has 3 heteroatoms. The standard InChI is InChI=1S/C13H18ClNO/c1-4-12(16)15-13(9(2)3)10-5-7-11(14)8-6-10/h5-9,13H,4H2,1-3H3,(H,15,16). The Morgan fingerprint density at radius 3 is 2.31 bits per heavy atom. The van der Waals surface area contributed by atoms with Gasteiger partial charge in [-0.25, -0.2) is 0 Å². The van der Waals surface area contributed by atoms with E-state index in [1.54, 1.807) is 0 Å². The van der Waals surface area contributed by atoms with Gasteiger partial charge in [0.1, 0.15) is 0 Å². The lowest BCUT2D eigenvalue weighted by Gasteiger charge is -2.22. The van der Waals surface area contributed by atoms with Crippen molar-refractivity contribution in [3.8, 4) is 0 Å². The third-order valence-corrected chi connectivity index (χ3v) is 2.79. The number of nitrogens with one attached hydrogen (secondary N) is 1. The molecule has 1 amide bonds. The molecule has 88 valence electrons. The van der Waals surface area contributed by atoms with Gasteiger partial charge < -0.3 is 5.32 Å². The molecule has 1 N–H and O–H groups in total. The Kier molecular flexibility index (Phi) is 4.81. The molecule has 1 rings (SSSR count). The Hall–Kier alpha value is -1.02. The molecule has 0 radical (unpaired) electrons. The Labute approximate surface area is 102 Å². The van der Waals surface area contributed by atoms with E-state index in [2.05, 4.69) is 19.2 Å². The summed E-state index contributed by atoms with van der Waals surface area (Å²) in [6.45, 7) is 6.04. The number of carbonyl (C=O) groups is 1. The van der Waals surface area contributed by atoms with Crippen LogP contribution in [0.4, 0.5) is 0 Å². The number of hydrogen-bond donors (Lipinski definition) is 1. The van der Waals surface area contributed by atoms with E-state index in [0.717, 1.165) is 5.56 Å². The number of rotatable bonds is 4. The van der Waals surface area contributed by atoms with Crippen LogP contribution in [0.3, 0.4) is 0 Å². The minimum absolute atomic E-state index is 0.0599. The van der Waals surface area contributed by atoms with Gasteiger partial charge in [0.2, 0.25) is 5.91 Å². The van der Waals surface area contributed by atoms with Gasteiger partial charge in [0, 0.05) is 11.4 Å². The second-order valence-electron chi connectivity index (χ2n) is 4.19. The van der Waals surface area contributed by atoms with E-state index >= 15 is 0 Å². The van der Waals surface area contributed by atoms with Gasteiger partial charge in [-0.1, -0.05) is 44.5 Å². The monoisotopic (exact) mass is 239 g/mol. The Morgan fingerprint density at radius 1 is 1.31 bits per heavy atom.